The summed E-state index contributed by atoms with van der Waals surface area (Å²) in [6.45, 7) is 1.86. The van der Waals surface area contributed by atoms with Gasteiger partial charge in [0, 0.05) is 25.0 Å². The Balaban J connectivity index is 1.82. The second-order valence-corrected chi connectivity index (χ2v) is 5.46. The Morgan fingerprint density at radius 1 is 1.14 bits per heavy atom. The van der Waals surface area contributed by atoms with E-state index < -0.39 is 4.92 Å². The lowest BCUT2D eigenvalue weighted by Crippen LogP contribution is -3.14. The lowest BCUT2D eigenvalue weighted by atomic mass is 10.2. The van der Waals surface area contributed by atoms with Crippen LogP contribution in [0.15, 0.2) is 24.3 Å². The largest absolute Gasteiger partial charge is 0.324 e. The molecule has 0 unspecified atom stereocenters. The van der Waals surface area contributed by atoms with E-state index in [-0.39, 0.29) is 30.0 Å². The summed E-state index contributed by atoms with van der Waals surface area (Å²) in [5.74, 6) is -0.413. The lowest BCUT2D eigenvalue weighted by Gasteiger charge is -2.19. The zero-order valence-corrected chi connectivity index (χ0v) is 11.4. The number of hydrogen-bond acceptors (Lipinski definition) is 4. The van der Waals surface area contributed by atoms with Gasteiger partial charge in [-0.1, -0.05) is 0 Å². The van der Waals surface area contributed by atoms with Crippen LogP contribution in [0.1, 0.15) is 19.3 Å². The molecule has 21 heavy (non-hydrogen) atoms. The van der Waals surface area contributed by atoms with Crippen LogP contribution < -0.4 is 9.80 Å². The Kier molecular flexibility index (Phi) is 3.42. The minimum Gasteiger partial charge on any atom is -0.324 e. The topological polar surface area (TPSA) is 85.0 Å². The van der Waals surface area contributed by atoms with Crippen LogP contribution in [0.2, 0.25) is 0 Å². The molecule has 0 radical (unpaired) electrons. The second kappa shape index (κ2) is 5.25. The van der Waals surface area contributed by atoms with E-state index in [1.807, 2.05) is 0 Å². The van der Waals surface area contributed by atoms with Crippen molar-refractivity contribution in [3.8, 4) is 0 Å². The number of non-ortho nitro benzene ring substituents is 1. The fraction of sp³-hybridized carbons (Fsp3) is 0.429. The van der Waals surface area contributed by atoms with Gasteiger partial charge >= 0.3 is 0 Å². The molecule has 1 N–H and O–H groups in total. The third kappa shape index (κ3) is 2.40. The number of rotatable bonds is 3. The molecule has 3 rings (SSSR count). The molecule has 2 saturated heterocycles. The molecule has 2 aliphatic rings. The molecule has 110 valence electrons. The third-order valence-electron chi connectivity index (χ3n) is 4.20. The highest BCUT2D eigenvalue weighted by atomic mass is 16.6. The first-order chi connectivity index (χ1) is 10.1. The number of carbonyl (C=O) groups excluding carboxylic acids is 2. The molecule has 1 aromatic carbocycles. The number of nitrogens with zero attached hydrogens (tertiary/aromatic N) is 2. The van der Waals surface area contributed by atoms with Gasteiger partial charge < -0.3 is 4.90 Å². The minimum atomic E-state index is -0.505. The van der Waals surface area contributed by atoms with E-state index in [9.17, 15) is 19.7 Å². The van der Waals surface area contributed by atoms with Crippen molar-refractivity contribution in [2.45, 2.75) is 25.3 Å². The number of nitro groups is 1. The molecule has 0 saturated carbocycles. The van der Waals surface area contributed by atoms with Gasteiger partial charge in [0.25, 0.3) is 11.6 Å². The van der Waals surface area contributed by atoms with Gasteiger partial charge in [0.1, 0.15) is 0 Å². The van der Waals surface area contributed by atoms with Crippen LogP contribution in [-0.4, -0.2) is 35.9 Å². The van der Waals surface area contributed by atoms with E-state index in [4.69, 9.17) is 0 Å². The summed E-state index contributed by atoms with van der Waals surface area (Å²) in [5, 5.41) is 10.6. The van der Waals surface area contributed by atoms with Gasteiger partial charge in [0.15, 0.2) is 6.04 Å². The van der Waals surface area contributed by atoms with Crippen LogP contribution in [0.4, 0.5) is 11.4 Å². The smallest absolute Gasteiger partial charge is 0.292 e. The molecule has 1 aromatic rings. The van der Waals surface area contributed by atoms with Crippen molar-refractivity contribution in [3.63, 3.8) is 0 Å². The maximum absolute atomic E-state index is 12.5. The highest BCUT2D eigenvalue weighted by Gasteiger charge is 2.46. The summed E-state index contributed by atoms with van der Waals surface area (Å²) in [7, 11) is 0. The molecule has 2 fully saturated rings. The van der Waals surface area contributed by atoms with Crippen LogP contribution >= 0.6 is 0 Å². The summed E-state index contributed by atoms with van der Waals surface area (Å²) in [5.41, 5.74) is 0.358. The van der Waals surface area contributed by atoms with Gasteiger partial charge in [0.2, 0.25) is 5.91 Å². The fourth-order valence-corrected chi connectivity index (χ4v) is 3.12. The normalized spacial score (nSPS) is 23.0. The highest BCUT2D eigenvalue weighted by Crippen LogP contribution is 2.24. The summed E-state index contributed by atoms with van der Waals surface area (Å²) in [6, 6.07) is 5.23. The van der Waals surface area contributed by atoms with E-state index in [1.165, 1.54) is 34.1 Å². The Morgan fingerprint density at radius 2 is 1.76 bits per heavy atom. The monoisotopic (exact) mass is 290 g/mol. The predicted octanol–water partition coefficient (Wildman–Crippen LogP) is -0.0946. The zero-order valence-electron chi connectivity index (χ0n) is 11.4. The molecular weight excluding hydrogens is 274 g/mol. The van der Waals surface area contributed by atoms with Crippen molar-refractivity contribution >= 4 is 23.2 Å². The van der Waals surface area contributed by atoms with Crippen molar-refractivity contribution in [2.24, 2.45) is 0 Å². The molecule has 2 amide bonds. The minimum absolute atomic E-state index is 0.0560. The number of likely N-dealkylation sites (tertiary alicyclic amines) is 1. The summed E-state index contributed by atoms with van der Waals surface area (Å²) < 4.78 is 0. The Hall–Kier alpha value is -2.28. The van der Waals surface area contributed by atoms with Crippen molar-refractivity contribution in [3.05, 3.63) is 34.4 Å². The standard InChI is InChI=1S/C14H15N3O4/c18-13-9-12(15-7-1-2-8-15)14(19)16(13)10-3-5-11(6-4-10)17(20)21/h3-6,12H,1-2,7-9H2/p+1/t12-/m0/s1. The molecule has 0 aromatic heterocycles. The van der Waals surface area contributed by atoms with E-state index in [0.29, 0.717) is 5.69 Å². The number of anilines is 1. The maximum Gasteiger partial charge on any atom is 0.292 e. The van der Waals surface area contributed by atoms with Crippen LogP contribution in [0, 0.1) is 10.1 Å². The summed E-state index contributed by atoms with van der Waals surface area (Å²) >= 11 is 0. The first-order valence-corrected chi connectivity index (χ1v) is 7.04. The number of benzene rings is 1. The average Bonchev–Trinajstić information content (AvgIpc) is 3.07. The van der Waals surface area contributed by atoms with Gasteiger partial charge in [-0.25, -0.2) is 4.90 Å². The third-order valence-corrected chi connectivity index (χ3v) is 4.20. The fourth-order valence-electron chi connectivity index (χ4n) is 3.12. The molecule has 7 heteroatoms. The van der Waals surface area contributed by atoms with Gasteiger partial charge in [-0.05, 0) is 12.1 Å². The first-order valence-electron chi connectivity index (χ1n) is 7.04. The molecule has 2 aliphatic heterocycles. The number of quaternary nitrogens is 1. The molecule has 2 heterocycles. The van der Waals surface area contributed by atoms with Crippen molar-refractivity contribution < 1.29 is 19.4 Å². The zero-order chi connectivity index (χ0) is 15.0. The van der Waals surface area contributed by atoms with Crippen LogP contribution in [0.3, 0.4) is 0 Å². The summed E-state index contributed by atoms with van der Waals surface area (Å²) in [6.07, 6.45) is 2.40. The van der Waals surface area contributed by atoms with Crippen LogP contribution in [-0.2, 0) is 9.59 Å². The number of hydrogen-bond donors (Lipinski definition) is 1. The molecule has 0 aliphatic carbocycles. The van der Waals surface area contributed by atoms with E-state index in [1.54, 1.807) is 0 Å². The maximum atomic E-state index is 12.5. The molecule has 7 nitrogen and oxygen atoms in total. The Labute approximate surface area is 121 Å². The number of carbonyl (C=O) groups is 2. The molecule has 0 bridgehead atoms. The Morgan fingerprint density at radius 3 is 2.33 bits per heavy atom. The van der Waals surface area contributed by atoms with Crippen molar-refractivity contribution in [2.75, 3.05) is 18.0 Å². The second-order valence-electron chi connectivity index (χ2n) is 5.46. The molecular formula is C14H16N3O4+. The first kappa shape index (κ1) is 13.7. The molecule has 0 spiro atoms. The average molecular weight is 290 g/mol. The van der Waals surface area contributed by atoms with E-state index in [2.05, 4.69) is 0 Å². The number of nitro benzene ring substituents is 1. The van der Waals surface area contributed by atoms with Crippen molar-refractivity contribution in [1.29, 1.82) is 0 Å². The quantitative estimate of drug-likeness (QED) is 0.479. The van der Waals surface area contributed by atoms with E-state index >= 15 is 0 Å². The van der Waals surface area contributed by atoms with Gasteiger partial charge in [0.05, 0.1) is 30.1 Å². The summed E-state index contributed by atoms with van der Waals surface area (Å²) in [4.78, 5) is 37.1. The van der Waals surface area contributed by atoms with Gasteiger partial charge in [-0.3, -0.25) is 19.7 Å². The van der Waals surface area contributed by atoms with E-state index in [0.717, 1.165) is 25.9 Å². The van der Waals surface area contributed by atoms with Crippen LogP contribution in [0.5, 0.6) is 0 Å². The van der Waals surface area contributed by atoms with Crippen molar-refractivity contribution in [1.82, 2.24) is 0 Å². The lowest BCUT2D eigenvalue weighted by molar-refractivity contribution is -0.902. The number of imide groups is 1. The number of nitrogens with one attached hydrogen (secondary N) is 1. The highest BCUT2D eigenvalue weighted by molar-refractivity contribution is 6.21. The number of amides is 2. The molecule has 1 atom stereocenters. The van der Waals surface area contributed by atoms with Gasteiger partial charge in [-0.2, -0.15) is 0 Å². The predicted molar refractivity (Wildman–Crippen MR) is 73.9 cm³/mol. The SMILES string of the molecule is O=C1C[C@H]([NH+]2CCCC2)C(=O)N1c1ccc([N+](=O)[O-])cc1. The Bertz CT molecular complexity index is 593. The van der Waals surface area contributed by atoms with Crippen LogP contribution in [0.25, 0.3) is 0 Å². The van der Waals surface area contributed by atoms with Gasteiger partial charge in [-0.15, -0.1) is 0 Å².